The summed E-state index contributed by atoms with van der Waals surface area (Å²) in [6, 6.07) is 15.3. The monoisotopic (exact) mass is 332 g/mol. The zero-order valence-corrected chi connectivity index (χ0v) is 14.7. The number of hydrogen-bond donors (Lipinski definition) is 0. The lowest BCUT2D eigenvalue weighted by Crippen LogP contribution is -2.46. The Kier molecular flexibility index (Phi) is 4.72. The van der Waals surface area contributed by atoms with Crippen LogP contribution in [-0.4, -0.2) is 45.9 Å². The van der Waals surface area contributed by atoms with Crippen LogP contribution in [0, 0.1) is 0 Å². The number of pyridine rings is 2. The van der Waals surface area contributed by atoms with E-state index in [2.05, 4.69) is 57.0 Å². The van der Waals surface area contributed by atoms with E-state index < -0.39 is 0 Å². The Bertz CT molecular complexity index is 820. The second kappa shape index (κ2) is 7.30. The van der Waals surface area contributed by atoms with E-state index in [0.717, 1.165) is 38.2 Å². The molecule has 3 aromatic rings. The Morgan fingerprint density at radius 2 is 1.76 bits per heavy atom. The van der Waals surface area contributed by atoms with Gasteiger partial charge in [0.2, 0.25) is 0 Å². The van der Waals surface area contributed by atoms with Crippen LogP contribution in [0.5, 0.6) is 0 Å². The fraction of sp³-hybridized carbons (Fsp3) is 0.333. The molecule has 1 saturated heterocycles. The molecule has 0 saturated carbocycles. The first-order chi connectivity index (χ1) is 12.3. The molecule has 4 nitrogen and oxygen atoms in total. The van der Waals surface area contributed by atoms with E-state index in [0.29, 0.717) is 6.04 Å². The minimum Gasteiger partial charge on any atom is -0.296 e. The highest BCUT2D eigenvalue weighted by Gasteiger charge is 2.22. The molecule has 0 unspecified atom stereocenters. The predicted octanol–water partition coefficient (Wildman–Crippen LogP) is 3.51. The van der Waals surface area contributed by atoms with Crippen LogP contribution in [0.2, 0.25) is 0 Å². The van der Waals surface area contributed by atoms with Crippen molar-refractivity contribution < 1.29 is 0 Å². The highest BCUT2D eigenvalue weighted by atomic mass is 15.3. The summed E-state index contributed by atoms with van der Waals surface area (Å²) in [5.74, 6) is 0. The van der Waals surface area contributed by atoms with Crippen molar-refractivity contribution in [3.8, 4) is 0 Å². The van der Waals surface area contributed by atoms with Crippen molar-refractivity contribution in [1.82, 2.24) is 19.8 Å². The van der Waals surface area contributed by atoms with Crippen LogP contribution in [0.15, 0.2) is 61.1 Å². The van der Waals surface area contributed by atoms with Gasteiger partial charge in [-0.3, -0.25) is 19.8 Å². The summed E-state index contributed by atoms with van der Waals surface area (Å²) >= 11 is 0. The van der Waals surface area contributed by atoms with Crippen LogP contribution < -0.4 is 0 Å². The topological polar surface area (TPSA) is 32.3 Å². The molecule has 4 heteroatoms. The Labute approximate surface area is 149 Å². The highest BCUT2D eigenvalue weighted by molar-refractivity contribution is 5.81. The molecule has 1 aromatic carbocycles. The van der Waals surface area contributed by atoms with E-state index in [1.54, 1.807) is 0 Å². The Hall–Kier alpha value is -2.30. The van der Waals surface area contributed by atoms with Gasteiger partial charge >= 0.3 is 0 Å². The van der Waals surface area contributed by atoms with E-state index in [-0.39, 0.29) is 0 Å². The van der Waals surface area contributed by atoms with Gasteiger partial charge in [0.15, 0.2) is 0 Å². The molecule has 3 heterocycles. The first-order valence-electron chi connectivity index (χ1n) is 9.00. The van der Waals surface area contributed by atoms with Crippen molar-refractivity contribution in [3.63, 3.8) is 0 Å². The van der Waals surface area contributed by atoms with Crippen molar-refractivity contribution in [2.24, 2.45) is 0 Å². The molecule has 128 valence electrons. The fourth-order valence-electron chi connectivity index (χ4n) is 3.68. The molecular formula is C21H24N4. The maximum Gasteiger partial charge on any atom is 0.0746 e. The van der Waals surface area contributed by atoms with E-state index in [4.69, 9.17) is 0 Å². The summed E-state index contributed by atoms with van der Waals surface area (Å²) in [6.07, 6.45) is 5.71. The number of benzene rings is 1. The zero-order valence-electron chi connectivity index (χ0n) is 14.7. The van der Waals surface area contributed by atoms with Gasteiger partial charge in [0, 0.05) is 62.7 Å². The Balaban J connectivity index is 1.40. The number of nitrogens with zero attached hydrogens (tertiary/aromatic N) is 4. The minimum absolute atomic E-state index is 0.426. The summed E-state index contributed by atoms with van der Waals surface area (Å²) in [4.78, 5) is 13.9. The van der Waals surface area contributed by atoms with Crippen LogP contribution >= 0.6 is 0 Å². The Morgan fingerprint density at radius 3 is 2.56 bits per heavy atom. The maximum atomic E-state index is 4.59. The average Bonchev–Trinajstić information content (AvgIpc) is 2.69. The molecule has 0 amide bonds. The quantitative estimate of drug-likeness (QED) is 0.732. The summed E-state index contributed by atoms with van der Waals surface area (Å²) in [5, 5.41) is 1.23. The van der Waals surface area contributed by atoms with Crippen LogP contribution in [0.4, 0.5) is 0 Å². The van der Waals surface area contributed by atoms with Crippen LogP contribution in [0.1, 0.15) is 24.1 Å². The molecule has 0 radical (unpaired) electrons. The largest absolute Gasteiger partial charge is 0.296 e. The van der Waals surface area contributed by atoms with Crippen molar-refractivity contribution in [1.29, 1.82) is 0 Å². The second-order valence-corrected chi connectivity index (χ2v) is 6.77. The molecule has 2 aromatic heterocycles. The van der Waals surface area contributed by atoms with Crippen LogP contribution in [-0.2, 0) is 6.54 Å². The first-order valence-corrected chi connectivity index (χ1v) is 9.00. The third-order valence-electron chi connectivity index (χ3n) is 5.23. The summed E-state index contributed by atoms with van der Waals surface area (Å²) in [5.41, 5.74) is 3.76. The maximum absolute atomic E-state index is 4.59. The molecule has 0 aliphatic carbocycles. The van der Waals surface area contributed by atoms with Gasteiger partial charge in [-0.2, -0.15) is 0 Å². The average molecular weight is 332 g/mol. The molecule has 1 atom stereocenters. The van der Waals surface area contributed by atoms with E-state index in [1.807, 2.05) is 30.7 Å². The fourth-order valence-corrected chi connectivity index (χ4v) is 3.68. The molecule has 1 aliphatic heterocycles. The van der Waals surface area contributed by atoms with Gasteiger partial charge in [-0.15, -0.1) is 0 Å². The SMILES string of the molecule is C[C@H](c1cccnc1)N1CCN(Cc2cccc3cccnc23)CC1. The summed E-state index contributed by atoms with van der Waals surface area (Å²) in [7, 11) is 0. The molecule has 1 fully saturated rings. The van der Waals surface area contributed by atoms with Crippen molar-refractivity contribution in [3.05, 3.63) is 72.2 Å². The number of fused-ring (bicyclic) bond motifs is 1. The number of aromatic nitrogens is 2. The molecular weight excluding hydrogens is 308 g/mol. The third-order valence-corrected chi connectivity index (χ3v) is 5.23. The van der Waals surface area contributed by atoms with Gasteiger partial charge in [0.05, 0.1) is 5.52 Å². The van der Waals surface area contributed by atoms with Gasteiger partial charge in [-0.1, -0.05) is 30.3 Å². The summed E-state index contributed by atoms with van der Waals surface area (Å²) < 4.78 is 0. The van der Waals surface area contributed by atoms with E-state index in [9.17, 15) is 0 Å². The van der Waals surface area contributed by atoms with Gasteiger partial charge in [-0.25, -0.2) is 0 Å². The second-order valence-electron chi connectivity index (χ2n) is 6.77. The van der Waals surface area contributed by atoms with Crippen molar-refractivity contribution >= 4 is 10.9 Å². The lowest BCUT2D eigenvalue weighted by atomic mass is 10.1. The standard InChI is InChI=1S/C21H24N4/c1-17(19-8-3-9-22-15-19)25-13-11-24(12-14-25)16-20-6-2-5-18-7-4-10-23-21(18)20/h2-10,15,17H,11-14,16H2,1H3/t17-/m1/s1. The number of piperazine rings is 1. The van der Waals surface area contributed by atoms with Crippen molar-refractivity contribution in [2.45, 2.75) is 19.5 Å². The molecule has 4 rings (SSSR count). The molecule has 1 aliphatic rings. The van der Waals surface area contributed by atoms with Gasteiger partial charge < -0.3 is 0 Å². The van der Waals surface area contributed by atoms with Gasteiger partial charge in [-0.05, 0) is 30.2 Å². The lowest BCUT2D eigenvalue weighted by Gasteiger charge is -2.38. The zero-order chi connectivity index (χ0) is 17.1. The first kappa shape index (κ1) is 16.2. The molecule has 0 N–H and O–H groups in total. The lowest BCUT2D eigenvalue weighted by molar-refractivity contribution is 0.0980. The van der Waals surface area contributed by atoms with E-state index >= 15 is 0 Å². The van der Waals surface area contributed by atoms with Crippen molar-refractivity contribution in [2.75, 3.05) is 26.2 Å². The van der Waals surface area contributed by atoms with E-state index in [1.165, 1.54) is 16.5 Å². The highest BCUT2D eigenvalue weighted by Crippen LogP contribution is 2.22. The molecule has 0 bridgehead atoms. The smallest absolute Gasteiger partial charge is 0.0746 e. The normalized spacial score (nSPS) is 17.6. The van der Waals surface area contributed by atoms with Gasteiger partial charge in [0.25, 0.3) is 0 Å². The predicted molar refractivity (Wildman–Crippen MR) is 101 cm³/mol. The number of rotatable bonds is 4. The number of para-hydroxylation sites is 1. The van der Waals surface area contributed by atoms with Gasteiger partial charge in [0.1, 0.15) is 0 Å². The summed E-state index contributed by atoms with van der Waals surface area (Å²) in [6.45, 7) is 7.62. The molecule has 25 heavy (non-hydrogen) atoms. The molecule has 0 spiro atoms. The number of hydrogen-bond acceptors (Lipinski definition) is 4. The minimum atomic E-state index is 0.426. The Morgan fingerprint density at radius 1 is 0.960 bits per heavy atom. The van der Waals surface area contributed by atoms with Crippen LogP contribution in [0.25, 0.3) is 10.9 Å². The van der Waals surface area contributed by atoms with Crippen LogP contribution in [0.3, 0.4) is 0 Å². The third kappa shape index (κ3) is 3.55.